The first-order valence-corrected chi connectivity index (χ1v) is 11.3. The summed E-state index contributed by atoms with van der Waals surface area (Å²) >= 11 is 0. The number of aryl methyl sites for hydroxylation is 2. The molecule has 0 spiro atoms. The van der Waals surface area contributed by atoms with Crippen molar-refractivity contribution in [3.63, 3.8) is 0 Å². The molecule has 32 heavy (non-hydrogen) atoms. The Hall–Kier alpha value is -3.41. The smallest absolute Gasteiger partial charge is 0.262 e. The summed E-state index contributed by atoms with van der Waals surface area (Å²) in [6, 6.07) is 17.6. The van der Waals surface area contributed by atoms with Crippen molar-refractivity contribution < 1.29 is 9.53 Å². The molecule has 0 radical (unpaired) electrons. The lowest BCUT2D eigenvalue weighted by Crippen LogP contribution is -2.25. The average Bonchev–Trinajstić information content (AvgIpc) is 3.08. The molecule has 1 saturated heterocycles. The van der Waals surface area contributed by atoms with E-state index in [1.165, 1.54) is 31.2 Å². The van der Waals surface area contributed by atoms with Crippen LogP contribution in [0.15, 0.2) is 54.6 Å². The van der Waals surface area contributed by atoms with Gasteiger partial charge in [0.2, 0.25) is 0 Å². The van der Waals surface area contributed by atoms with E-state index in [1.807, 2.05) is 68.4 Å². The van der Waals surface area contributed by atoms with Crippen LogP contribution in [-0.2, 0) is 4.79 Å². The zero-order valence-electron chi connectivity index (χ0n) is 18.8. The van der Waals surface area contributed by atoms with Gasteiger partial charge in [-0.15, -0.1) is 10.2 Å². The van der Waals surface area contributed by atoms with Crippen LogP contribution in [0, 0.1) is 13.8 Å². The standard InChI is InChI=1S/C26H30N4O2/c1-19-10-12-24(20(2)16-19)32-18-26(31)27-22-9-7-8-21(17-22)23-11-13-25(29-28-23)30-14-5-3-4-6-15-30/h7-13,16-17H,3-6,14-15,18H2,1-2H3,(H,27,31). The molecule has 1 aliphatic heterocycles. The Morgan fingerprint density at radius 3 is 2.50 bits per heavy atom. The molecule has 2 aromatic carbocycles. The van der Waals surface area contributed by atoms with E-state index in [4.69, 9.17) is 4.74 Å². The van der Waals surface area contributed by atoms with Gasteiger partial charge in [0.25, 0.3) is 5.91 Å². The van der Waals surface area contributed by atoms with E-state index in [0.29, 0.717) is 5.69 Å². The van der Waals surface area contributed by atoms with Crippen LogP contribution in [0.5, 0.6) is 5.75 Å². The van der Waals surface area contributed by atoms with Gasteiger partial charge in [0.1, 0.15) is 5.75 Å². The Kier molecular flexibility index (Phi) is 7.00. The fourth-order valence-corrected chi connectivity index (χ4v) is 4.01. The third kappa shape index (κ3) is 5.63. The minimum Gasteiger partial charge on any atom is -0.483 e. The molecule has 0 atom stereocenters. The van der Waals surface area contributed by atoms with Crippen molar-refractivity contribution >= 4 is 17.4 Å². The van der Waals surface area contributed by atoms with Crippen LogP contribution in [0.1, 0.15) is 36.8 Å². The van der Waals surface area contributed by atoms with Crippen molar-refractivity contribution in [3.8, 4) is 17.0 Å². The first kappa shape index (κ1) is 21.8. The number of aromatic nitrogens is 2. The van der Waals surface area contributed by atoms with Crippen LogP contribution < -0.4 is 15.0 Å². The fraction of sp³-hybridized carbons (Fsp3) is 0.346. The number of nitrogens with one attached hydrogen (secondary N) is 1. The van der Waals surface area contributed by atoms with Crippen molar-refractivity contribution in [2.24, 2.45) is 0 Å². The monoisotopic (exact) mass is 430 g/mol. The second kappa shape index (κ2) is 10.3. The zero-order chi connectivity index (χ0) is 22.3. The van der Waals surface area contributed by atoms with Crippen molar-refractivity contribution in [3.05, 3.63) is 65.7 Å². The molecule has 0 unspecified atom stereocenters. The highest BCUT2D eigenvalue weighted by atomic mass is 16.5. The van der Waals surface area contributed by atoms with E-state index in [2.05, 4.69) is 20.4 Å². The molecule has 0 saturated carbocycles. The Bertz CT molecular complexity index is 1060. The first-order valence-electron chi connectivity index (χ1n) is 11.3. The lowest BCUT2D eigenvalue weighted by Gasteiger charge is -2.20. The Balaban J connectivity index is 1.38. The number of amides is 1. The fourth-order valence-electron chi connectivity index (χ4n) is 4.01. The van der Waals surface area contributed by atoms with Gasteiger partial charge in [-0.25, -0.2) is 0 Å². The lowest BCUT2D eigenvalue weighted by atomic mass is 10.1. The van der Waals surface area contributed by atoms with Crippen LogP contribution >= 0.6 is 0 Å². The van der Waals surface area contributed by atoms with E-state index in [-0.39, 0.29) is 12.5 Å². The maximum absolute atomic E-state index is 12.4. The molecule has 1 aliphatic rings. The van der Waals surface area contributed by atoms with E-state index < -0.39 is 0 Å². The summed E-state index contributed by atoms with van der Waals surface area (Å²) in [6.45, 7) is 6.05. The van der Waals surface area contributed by atoms with E-state index in [1.54, 1.807) is 0 Å². The van der Waals surface area contributed by atoms with Gasteiger partial charge in [-0.2, -0.15) is 0 Å². The van der Waals surface area contributed by atoms with Crippen molar-refractivity contribution in [1.29, 1.82) is 0 Å². The number of carbonyl (C=O) groups is 1. The molecule has 3 aromatic rings. The topological polar surface area (TPSA) is 67.3 Å². The van der Waals surface area contributed by atoms with Gasteiger partial charge in [-0.3, -0.25) is 4.79 Å². The first-order chi connectivity index (χ1) is 15.6. The maximum Gasteiger partial charge on any atom is 0.262 e. The predicted octanol–water partition coefficient (Wildman–Crippen LogP) is 5.16. The van der Waals surface area contributed by atoms with Crippen LogP contribution in [0.4, 0.5) is 11.5 Å². The quantitative estimate of drug-likeness (QED) is 0.585. The normalized spacial score (nSPS) is 14.0. The number of carbonyl (C=O) groups excluding carboxylic acids is 1. The molecule has 1 aromatic heterocycles. The van der Waals surface area contributed by atoms with Gasteiger partial charge >= 0.3 is 0 Å². The highest BCUT2D eigenvalue weighted by Gasteiger charge is 2.12. The molecule has 4 rings (SSSR count). The van der Waals surface area contributed by atoms with E-state index in [0.717, 1.165) is 41.5 Å². The Morgan fingerprint density at radius 2 is 1.78 bits per heavy atom. The summed E-state index contributed by atoms with van der Waals surface area (Å²) in [5.41, 5.74) is 4.58. The highest BCUT2D eigenvalue weighted by molar-refractivity contribution is 5.92. The minimum absolute atomic E-state index is 0.0432. The molecule has 2 heterocycles. The summed E-state index contributed by atoms with van der Waals surface area (Å²) in [5.74, 6) is 1.45. The summed E-state index contributed by atoms with van der Waals surface area (Å²) < 4.78 is 5.68. The van der Waals surface area contributed by atoms with Gasteiger partial charge in [-0.05, 0) is 62.6 Å². The SMILES string of the molecule is Cc1ccc(OCC(=O)Nc2cccc(-c3ccc(N4CCCCCC4)nn3)c2)c(C)c1. The van der Waals surface area contributed by atoms with Gasteiger partial charge < -0.3 is 15.0 Å². The van der Waals surface area contributed by atoms with Crippen LogP contribution in [0.3, 0.4) is 0 Å². The Morgan fingerprint density at radius 1 is 0.969 bits per heavy atom. The van der Waals surface area contributed by atoms with Crippen LogP contribution in [0.25, 0.3) is 11.3 Å². The molecule has 6 heteroatoms. The lowest BCUT2D eigenvalue weighted by molar-refractivity contribution is -0.118. The number of anilines is 2. The maximum atomic E-state index is 12.4. The molecule has 0 bridgehead atoms. The largest absolute Gasteiger partial charge is 0.483 e. The van der Waals surface area contributed by atoms with Crippen molar-refractivity contribution in [1.82, 2.24) is 10.2 Å². The third-order valence-corrected chi connectivity index (χ3v) is 5.71. The van der Waals surface area contributed by atoms with Gasteiger partial charge in [0.05, 0.1) is 5.69 Å². The van der Waals surface area contributed by atoms with E-state index >= 15 is 0 Å². The number of ether oxygens (including phenoxy) is 1. The van der Waals surface area contributed by atoms with Crippen molar-refractivity contribution in [2.45, 2.75) is 39.5 Å². The van der Waals surface area contributed by atoms with Gasteiger partial charge in [0, 0.05) is 24.3 Å². The second-order valence-corrected chi connectivity index (χ2v) is 8.36. The average molecular weight is 431 g/mol. The van der Waals surface area contributed by atoms with E-state index in [9.17, 15) is 4.79 Å². The van der Waals surface area contributed by atoms with Crippen molar-refractivity contribution in [2.75, 3.05) is 29.9 Å². The van der Waals surface area contributed by atoms with Crippen LogP contribution in [-0.4, -0.2) is 35.8 Å². The summed E-state index contributed by atoms with van der Waals surface area (Å²) in [5, 5.41) is 11.8. The molecule has 1 N–H and O–H groups in total. The molecular formula is C26H30N4O2. The molecule has 1 amide bonds. The second-order valence-electron chi connectivity index (χ2n) is 8.36. The number of benzene rings is 2. The summed E-state index contributed by atoms with van der Waals surface area (Å²) in [7, 11) is 0. The highest BCUT2D eigenvalue weighted by Crippen LogP contribution is 2.23. The molecule has 6 nitrogen and oxygen atoms in total. The molecule has 166 valence electrons. The minimum atomic E-state index is -0.204. The zero-order valence-corrected chi connectivity index (χ0v) is 18.8. The number of hydrogen-bond donors (Lipinski definition) is 1. The predicted molar refractivity (Wildman–Crippen MR) is 128 cm³/mol. The summed E-state index contributed by atoms with van der Waals surface area (Å²) in [6.07, 6.45) is 4.99. The number of hydrogen-bond acceptors (Lipinski definition) is 5. The van der Waals surface area contributed by atoms with Gasteiger partial charge in [0.15, 0.2) is 12.4 Å². The third-order valence-electron chi connectivity index (χ3n) is 5.71. The summed E-state index contributed by atoms with van der Waals surface area (Å²) in [4.78, 5) is 14.7. The number of rotatable bonds is 6. The molecule has 1 fully saturated rings. The van der Waals surface area contributed by atoms with Gasteiger partial charge in [-0.1, -0.05) is 42.7 Å². The number of nitrogens with zero attached hydrogens (tertiary/aromatic N) is 3. The molecule has 0 aliphatic carbocycles. The molecular weight excluding hydrogens is 400 g/mol. The van der Waals surface area contributed by atoms with Crippen LogP contribution in [0.2, 0.25) is 0 Å². The Labute approximate surface area is 189 Å².